The number of rotatable bonds is 7. The van der Waals surface area contributed by atoms with Gasteiger partial charge in [-0.05, 0) is 5.56 Å². The molecule has 1 rings (SSSR count). The molecule has 0 bridgehead atoms. The molecule has 8 heteroatoms. The lowest BCUT2D eigenvalue weighted by Crippen LogP contribution is -2.44. The van der Waals surface area contributed by atoms with Gasteiger partial charge in [0.15, 0.2) is 0 Å². The van der Waals surface area contributed by atoms with Gasteiger partial charge in [0.2, 0.25) is 5.91 Å². The summed E-state index contributed by atoms with van der Waals surface area (Å²) in [6, 6.07) is 8.46. The Morgan fingerprint density at radius 3 is 2.48 bits per heavy atom. The molecule has 114 valence electrons. The van der Waals surface area contributed by atoms with E-state index in [1.54, 1.807) is 0 Å². The number of thioether (sulfide) groups is 1. The van der Waals surface area contributed by atoms with Crippen molar-refractivity contribution in [2.24, 2.45) is 5.73 Å². The van der Waals surface area contributed by atoms with E-state index in [9.17, 15) is 14.4 Å². The van der Waals surface area contributed by atoms with Gasteiger partial charge in [-0.25, -0.2) is 0 Å². The molecule has 0 unspecified atom stereocenters. The van der Waals surface area contributed by atoms with Gasteiger partial charge >= 0.3 is 5.97 Å². The Morgan fingerprint density at radius 2 is 1.86 bits per heavy atom. The number of nitrogens with two attached hydrogens (primary N) is 1. The van der Waals surface area contributed by atoms with Crippen LogP contribution >= 0.6 is 11.8 Å². The molecule has 21 heavy (non-hydrogen) atoms. The molecule has 7 nitrogen and oxygen atoms in total. The fourth-order valence-corrected chi connectivity index (χ4v) is 2.01. The van der Waals surface area contributed by atoms with E-state index >= 15 is 0 Å². The summed E-state index contributed by atoms with van der Waals surface area (Å²) in [4.78, 5) is 33.3. The molecule has 5 N–H and O–H groups in total. The Hall–Kier alpha value is -2.06. The van der Waals surface area contributed by atoms with E-state index in [2.05, 4.69) is 10.6 Å². The largest absolute Gasteiger partial charge is 0.480 e. The third-order valence-electron chi connectivity index (χ3n) is 2.42. The minimum atomic E-state index is -1.15. The van der Waals surface area contributed by atoms with Crippen LogP contribution in [-0.2, 0) is 16.1 Å². The first kappa shape index (κ1) is 17.0. The standard InChI is InChI=1S/C13H17N3O4S/c14-10(12(19)15-7-11(17)18)8-21-13(20)16-6-9-4-2-1-3-5-9/h1-5,10H,6-8,14H2,(H,15,19)(H,16,20)(H,17,18)/t10-/m0/s1. The van der Waals surface area contributed by atoms with E-state index < -0.39 is 24.5 Å². The SMILES string of the molecule is N[C@@H](CSC(=O)NCc1ccccc1)C(=O)NCC(=O)O. The highest BCUT2D eigenvalue weighted by Gasteiger charge is 2.16. The summed E-state index contributed by atoms with van der Waals surface area (Å²) in [5, 5.41) is 13.0. The summed E-state index contributed by atoms with van der Waals surface area (Å²) in [6.07, 6.45) is 0. The van der Waals surface area contributed by atoms with Gasteiger partial charge in [0.05, 0.1) is 6.04 Å². The van der Waals surface area contributed by atoms with Crippen LogP contribution in [0.2, 0.25) is 0 Å². The zero-order valence-corrected chi connectivity index (χ0v) is 12.1. The van der Waals surface area contributed by atoms with Crippen LogP contribution in [-0.4, -0.2) is 40.6 Å². The first-order valence-electron chi connectivity index (χ1n) is 6.18. The van der Waals surface area contributed by atoms with Crippen molar-refractivity contribution in [3.8, 4) is 0 Å². The van der Waals surface area contributed by atoms with Gasteiger partial charge < -0.3 is 21.5 Å². The molecule has 2 amide bonds. The number of amides is 2. The molecular formula is C13H17N3O4S. The van der Waals surface area contributed by atoms with Gasteiger partial charge in [0.1, 0.15) is 6.54 Å². The van der Waals surface area contributed by atoms with Crippen molar-refractivity contribution in [1.29, 1.82) is 0 Å². The summed E-state index contributed by atoms with van der Waals surface area (Å²) in [7, 11) is 0. The van der Waals surface area contributed by atoms with Gasteiger partial charge in [-0.2, -0.15) is 0 Å². The van der Waals surface area contributed by atoms with Gasteiger partial charge in [-0.15, -0.1) is 0 Å². The quantitative estimate of drug-likeness (QED) is 0.569. The molecule has 0 aromatic heterocycles. The second-order valence-electron chi connectivity index (χ2n) is 4.16. The third-order valence-corrected chi connectivity index (χ3v) is 3.36. The van der Waals surface area contributed by atoms with Crippen molar-refractivity contribution < 1.29 is 19.5 Å². The Morgan fingerprint density at radius 1 is 1.19 bits per heavy atom. The number of hydrogen-bond acceptors (Lipinski definition) is 5. The molecule has 0 radical (unpaired) electrons. The van der Waals surface area contributed by atoms with E-state index in [0.29, 0.717) is 6.54 Å². The maximum Gasteiger partial charge on any atom is 0.322 e. The molecule has 0 heterocycles. The van der Waals surface area contributed by atoms with E-state index in [-0.39, 0.29) is 11.0 Å². The van der Waals surface area contributed by atoms with Crippen molar-refractivity contribution in [1.82, 2.24) is 10.6 Å². The predicted octanol–water partition coefficient (Wildman–Crippen LogP) is 0.157. The fourth-order valence-electron chi connectivity index (χ4n) is 1.36. The molecule has 0 saturated carbocycles. The van der Waals surface area contributed by atoms with Crippen molar-refractivity contribution in [2.45, 2.75) is 12.6 Å². The molecule has 1 atom stereocenters. The normalized spacial score (nSPS) is 11.5. The number of carbonyl (C=O) groups is 3. The Labute approximate surface area is 126 Å². The molecule has 0 aliphatic rings. The average Bonchev–Trinajstić information content (AvgIpc) is 2.49. The summed E-state index contributed by atoms with van der Waals surface area (Å²) in [6.45, 7) is -0.0927. The summed E-state index contributed by atoms with van der Waals surface area (Å²) < 4.78 is 0. The van der Waals surface area contributed by atoms with E-state index in [1.165, 1.54) is 0 Å². The number of benzene rings is 1. The first-order chi connectivity index (χ1) is 9.99. The number of nitrogens with one attached hydrogen (secondary N) is 2. The van der Waals surface area contributed by atoms with Crippen molar-refractivity contribution in [3.63, 3.8) is 0 Å². The van der Waals surface area contributed by atoms with Crippen LogP contribution in [0.4, 0.5) is 4.79 Å². The Bertz CT molecular complexity index is 495. The van der Waals surface area contributed by atoms with Crippen LogP contribution < -0.4 is 16.4 Å². The van der Waals surface area contributed by atoms with E-state index in [4.69, 9.17) is 10.8 Å². The number of aliphatic carboxylic acids is 1. The Kier molecular flexibility index (Phi) is 7.27. The van der Waals surface area contributed by atoms with Gasteiger partial charge in [-0.1, -0.05) is 42.1 Å². The molecule has 0 aliphatic heterocycles. The lowest BCUT2D eigenvalue weighted by atomic mass is 10.2. The molecular weight excluding hydrogens is 294 g/mol. The maximum absolute atomic E-state index is 11.6. The van der Waals surface area contributed by atoms with Crippen LogP contribution in [0.25, 0.3) is 0 Å². The lowest BCUT2D eigenvalue weighted by molar-refractivity contribution is -0.138. The average molecular weight is 311 g/mol. The van der Waals surface area contributed by atoms with Crippen LogP contribution in [0.1, 0.15) is 5.56 Å². The van der Waals surface area contributed by atoms with Crippen LogP contribution in [0, 0.1) is 0 Å². The molecule has 1 aromatic rings. The molecule has 0 aliphatic carbocycles. The minimum Gasteiger partial charge on any atom is -0.480 e. The highest BCUT2D eigenvalue weighted by Crippen LogP contribution is 2.05. The minimum absolute atomic E-state index is 0.0755. The van der Waals surface area contributed by atoms with E-state index in [0.717, 1.165) is 17.3 Å². The van der Waals surface area contributed by atoms with Crippen LogP contribution in [0.15, 0.2) is 30.3 Å². The zero-order chi connectivity index (χ0) is 15.7. The summed E-state index contributed by atoms with van der Waals surface area (Å²) in [5.74, 6) is -1.67. The van der Waals surface area contributed by atoms with Crippen molar-refractivity contribution in [2.75, 3.05) is 12.3 Å². The predicted molar refractivity (Wildman–Crippen MR) is 79.8 cm³/mol. The van der Waals surface area contributed by atoms with Gasteiger partial charge in [-0.3, -0.25) is 14.4 Å². The number of carbonyl (C=O) groups excluding carboxylic acids is 2. The molecule has 0 saturated heterocycles. The maximum atomic E-state index is 11.6. The van der Waals surface area contributed by atoms with Crippen LogP contribution in [0.5, 0.6) is 0 Å². The molecule has 1 aromatic carbocycles. The smallest absolute Gasteiger partial charge is 0.322 e. The van der Waals surface area contributed by atoms with Crippen molar-refractivity contribution in [3.05, 3.63) is 35.9 Å². The second-order valence-corrected chi connectivity index (χ2v) is 5.15. The second kappa shape index (κ2) is 8.98. The zero-order valence-electron chi connectivity index (χ0n) is 11.2. The van der Waals surface area contributed by atoms with Crippen LogP contribution in [0.3, 0.4) is 0 Å². The first-order valence-corrected chi connectivity index (χ1v) is 7.17. The summed E-state index contributed by atoms with van der Waals surface area (Å²) in [5.41, 5.74) is 6.52. The monoisotopic (exact) mass is 311 g/mol. The van der Waals surface area contributed by atoms with Gasteiger partial charge in [0.25, 0.3) is 5.24 Å². The number of hydrogen-bond donors (Lipinski definition) is 4. The molecule has 0 spiro atoms. The van der Waals surface area contributed by atoms with Gasteiger partial charge in [0, 0.05) is 12.3 Å². The highest BCUT2D eigenvalue weighted by atomic mass is 32.2. The molecule has 0 fully saturated rings. The number of carboxylic acid groups (broad SMARTS) is 1. The Balaban J connectivity index is 2.23. The van der Waals surface area contributed by atoms with Crippen molar-refractivity contribution >= 4 is 28.9 Å². The highest BCUT2D eigenvalue weighted by molar-refractivity contribution is 8.13. The van der Waals surface area contributed by atoms with E-state index in [1.807, 2.05) is 30.3 Å². The topological polar surface area (TPSA) is 122 Å². The third kappa shape index (κ3) is 7.33. The number of carboxylic acids is 1. The lowest BCUT2D eigenvalue weighted by Gasteiger charge is -2.10. The summed E-state index contributed by atoms with van der Waals surface area (Å²) >= 11 is 0.883. The fraction of sp³-hybridized carbons (Fsp3) is 0.308.